The first-order chi connectivity index (χ1) is 8.68. The van der Waals surface area contributed by atoms with Gasteiger partial charge in [-0.1, -0.05) is 12.1 Å². The van der Waals surface area contributed by atoms with Gasteiger partial charge in [-0.3, -0.25) is 9.78 Å². The third-order valence-corrected chi connectivity index (χ3v) is 2.67. The first-order valence-corrected chi connectivity index (χ1v) is 5.57. The van der Waals surface area contributed by atoms with Crippen LogP contribution in [0.5, 0.6) is 5.75 Å². The maximum Gasteiger partial charge on any atom is 0.169 e. The quantitative estimate of drug-likeness (QED) is 0.807. The topological polar surface area (TPSA) is 70.4 Å². The second-order valence-corrected chi connectivity index (χ2v) is 3.94. The molecule has 0 fully saturated rings. The van der Waals surface area contributed by atoms with E-state index in [1.165, 1.54) is 12.1 Å². The summed E-state index contributed by atoms with van der Waals surface area (Å²) >= 11 is 0. The molecule has 0 radical (unpaired) electrons. The number of aromatic hydroxyl groups is 1. The normalized spacial score (nSPS) is 12.1. The Balaban J connectivity index is 2.11. The molecule has 1 heterocycles. The highest BCUT2D eigenvalue weighted by atomic mass is 16.3. The third kappa shape index (κ3) is 2.73. The van der Waals surface area contributed by atoms with Crippen molar-refractivity contribution >= 4 is 5.78 Å². The number of ketones is 1. The Morgan fingerprint density at radius 3 is 2.50 bits per heavy atom. The Labute approximate surface area is 105 Å². The highest BCUT2D eigenvalue weighted by molar-refractivity contribution is 5.98. The molecule has 92 valence electrons. The van der Waals surface area contributed by atoms with Crippen LogP contribution >= 0.6 is 0 Å². The van der Waals surface area contributed by atoms with Crippen LogP contribution in [0.25, 0.3) is 0 Å². The number of para-hydroxylation sites is 1. The van der Waals surface area contributed by atoms with Crippen molar-refractivity contribution < 1.29 is 15.0 Å². The van der Waals surface area contributed by atoms with Crippen LogP contribution in [0.4, 0.5) is 0 Å². The van der Waals surface area contributed by atoms with E-state index >= 15 is 0 Å². The molecule has 0 saturated carbocycles. The Morgan fingerprint density at radius 2 is 1.83 bits per heavy atom. The molecule has 0 aliphatic carbocycles. The van der Waals surface area contributed by atoms with Gasteiger partial charge in [-0.15, -0.1) is 0 Å². The maximum atomic E-state index is 11.9. The average Bonchev–Trinajstić information content (AvgIpc) is 2.40. The summed E-state index contributed by atoms with van der Waals surface area (Å²) in [5.74, 6) is -0.359. The van der Waals surface area contributed by atoms with Gasteiger partial charge in [-0.2, -0.15) is 0 Å². The van der Waals surface area contributed by atoms with Gasteiger partial charge < -0.3 is 10.2 Å². The second-order valence-electron chi connectivity index (χ2n) is 3.94. The van der Waals surface area contributed by atoms with Gasteiger partial charge in [0, 0.05) is 18.8 Å². The number of aliphatic hydroxyl groups excluding tert-OH is 1. The Kier molecular flexibility index (Phi) is 3.69. The number of phenolic OH excluding ortho intramolecular Hbond substituents is 1. The van der Waals surface area contributed by atoms with E-state index in [4.69, 9.17) is 0 Å². The van der Waals surface area contributed by atoms with E-state index in [0.29, 0.717) is 5.56 Å². The molecule has 0 amide bonds. The number of rotatable bonds is 4. The van der Waals surface area contributed by atoms with Crippen LogP contribution in [0.3, 0.4) is 0 Å². The molecule has 4 heteroatoms. The standard InChI is InChI=1S/C14H13NO3/c16-12-4-2-1-3-11(12)14(18)9-13(17)10-5-7-15-8-6-10/h1-8,13,16-17H,9H2/t13-/m0/s1. The van der Waals surface area contributed by atoms with E-state index in [1.54, 1.807) is 36.7 Å². The number of benzene rings is 1. The number of hydrogen-bond acceptors (Lipinski definition) is 4. The zero-order valence-corrected chi connectivity index (χ0v) is 9.65. The Hall–Kier alpha value is -2.20. The minimum atomic E-state index is -0.889. The summed E-state index contributed by atoms with van der Waals surface area (Å²) in [5.41, 5.74) is 0.861. The van der Waals surface area contributed by atoms with Gasteiger partial charge in [0.1, 0.15) is 5.75 Å². The van der Waals surface area contributed by atoms with E-state index in [9.17, 15) is 15.0 Å². The van der Waals surface area contributed by atoms with Gasteiger partial charge in [0.2, 0.25) is 0 Å². The van der Waals surface area contributed by atoms with Crippen molar-refractivity contribution in [2.24, 2.45) is 0 Å². The molecule has 2 rings (SSSR count). The summed E-state index contributed by atoms with van der Waals surface area (Å²) < 4.78 is 0. The SMILES string of the molecule is O=C(C[C@H](O)c1ccncc1)c1ccccc1O. The lowest BCUT2D eigenvalue weighted by Crippen LogP contribution is -2.07. The second kappa shape index (κ2) is 5.42. The zero-order valence-electron chi connectivity index (χ0n) is 9.65. The Bertz CT molecular complexity index is 540. The first kappa shape index (κ1) is 12.3. The van der Waals surface area contributed by atoms with Crippen molar-refractivity contribution in [3.8, 4) is 5.75 Å². The first-order valence-electron chi connectivity index (χ1n) is 5.57. The molecule has 0 aliphatic rings. The molecular weight excluding hydrogens is 230 g/mol. The highest BCUT2D eigenvalue weighted by Gasteiger charge is 2.16. The highest BCUT2D eigenvalue weighted by Crippen LogP contribution is 2.22. The number of carbonyl (C=O) groups is 1. The number of aromatic nitrogens is 1. The minimum absolute atomic E-state index is 0.0653. The summed E-state index contributed by atoms with van der Waals surface area (Å²) in [7, 11) is 0. The molecule has 0 spiro atoms. The van der Waals surface area contributed by atoms with E-state index in [0.717, 1.165) is 0 Å². The molecule has 2 N–H and O–H groups in total. The van der Waals surface area contributed by atoms with E-state index in [2.05, 4.69) is 4.98 Å². The van der Waals surface area contributed by atoms with Crippen LogP contribution in [-0.2, 0) is 0 Å². The van der Waals surface area contributed by atoms with Crippen LogP contribution in [0, 0.1) is 0 Å². The van der Waals surface area contributed by atoms with Crippen molar-refractivity contribution in [2.75, 3.05) is 0 Å². The van der Waals surface area contributed by atoms with Crippen LogP contribution in [0.15, 0.2) is 48.8 Å². The van der Waals surface area contributed by atoms with Gasteiger partial charge in [0.05, 0.1) is 11.7 Å². The predicted molar refractivity (Wildman–Crippen MR) is 66.3 cm³/mol. The molecule has 0 bridgehead atoms. The molecule has 18 heavy (non-hydrogen) atoms. The molecule has 1 atom stereocenters. The van der Waals surface area contributed by atoms with Gasteiger partial charge in [-0.05, 0) is 29.8 Å². The largest absolute Gasteiger partial charge is 0.507 e. The average molecular weight is 243 g/mol. The van der Waals surface area contributed by atoms with Crippen LogP contribution in [-0.4, -0.2) is 21.0 Å². The molecule has 0 saturated heterocycles. The third-order valence-electron chi connectivity index (χ3n) is 2.67. The summed E-state index contributed by atoms with van der Waals surface area (Å²) in [6, 6.07) is 9.62. The molecular formula is C14H13NO3. The van der Waals surface area contributed by atoms with Gasteiger partial charge in [0.25, 0.3) is 0 Å². The molecule has 0 unspecified atom stereocenters. The summed E-state index contributed by atoms with van der Waals surface area (Å²) in [4.78, 5) is 15.8. The number of phenols is 1. The summed E-state index contributed by atoms with van der Waals surface area (Å²) in [6.45, 7) is 0. The van der Waals surface area contributed by atoms with Crippen LogP contribution in [0.2, 0.25) is 0 Å². The molecule has 1 aromatic carbocycles. The fraction of sp³-hybridized carbons (Fsp3) is 0.143. The zero-order chi connectivity index (χ0) is 13.0. The van der Waals surface area contributed by atoms with Crippen molar-refractivity contribution in [3.63, 3.8) is 0 Å². The van der Waals surface area contributed by atoms with E-state index in [1.807, 2.05) is 0 Å². The smallest absolute Gasteiger partial charge is 0.169 e. The number of pyridine rings is 1. The number of nitrogens with zero attached hydrogens (tertiary/aromatic N) is 1. The van der Waals surface area contributed by atoms with Gasteiger partial charge in [0.15, 0.2) is 5.78 Å². The van der Waals surface area contributed by atoms with Gasteiger partial charge >= 0.3 is 0 Å². The lowest BCUT2D eigenvalue weighted by atomic mass is 10.0. The van der Waals surface area contributed by atoms with Crippen molar-refractivity contribution in [2.45, 2.75) is 12.5 Å². The predicted octanol–water partition coefficient (Wildman–Crippen LogP) is 2.09. The molecule has 2 aromatic rings. The van der Waals surface area contributed by atoms with Crippen LogP contribution in [0.1, 0.15) is 28.4 Å². The molecule has 4 nitrogen and oxygen atoms in total. The number of Topliss-reactive ketones (excluding diaryl/α,β-unsaturated/α-hetero) is 1. The van der Waals surface area contributed by atoms with Crippen molar-refractivity contribution in [1.82, 2.24) is 4.98 Å². The number of aliphatic hydroxyl groups is 1. The maximum absolute atomic E-state index is 11.9. The lowest BCUT2D eigenvalue weighted by Gasteiger charge is -2.10. The van der Waals surface area contributed by atoms with Crippen molar-refractivity contribution in [1.29, 1.82) is 0 Å². The number of carbonyl (C=O) groups excluding carboxylic acids is 1. The monoisotopic (exact) mass is 243 g/mol. The van der Waals surface area contributed by atoms with Crippen molar-refractivity contribution in [3.05, 3.63) is 59.9 Å². The fourth-order valence-electron chi connectivity index (χ4n) is 1.70. The molecule has 0 aliphatic heterocycles. The lowest BCUT2D eigenvalue weighted by molar-refractivity contribution is 0.0877. The van der Waals surface area contributed by atoms with Crippen LogP contribution < -0.4 is 0 Å². The molecule has 1 aromatic heterocycles. The van der Waals surface area contributed by atoms with E-state index < -0.39 is 6.10 Å². The Morgan fingerprint density at radius 1 is 1.17 bits per heavy atom. The summed E-state index contributed by atoms with van der Waals surface area (Å²) in [5, 5.41) is 19.5. The minimum Gasteiger partial charge on any atom is -0.507 e. The van der Waals surface area contributed by atoms with E-state index in [-0.39, 0.29) is 23.5 Å². The fourth-order valence-corrected chi connectivity index (χ4v) is 1.70. The summed E-state index contributed by atoms with van der Waals surface area (Å²) in [6.07, 6.45) is 2.16. The number of hydrogen-bond donors (Lipinski definition) is 2. The van der Waals surface area contributed by atoms with Gasteiger partial charge in [-0.25, -0.2) is 0 Å².